The van der Waals surface area contributed by atoms with Crippen molar-refractivity contribution >= 4 is 21.2 Å². The first-order valence-electron chi connectivity index (χ1n) is 6.92. The molecule has 1 N–H and O–H groups in total. The van der Waals surface area contributed by atoms with Crippen LogP contribution in [0.4, 0.5) is 8.78 Å². The molecule has 0 bridgehead atoms. The molecule has 1 atom stereocenters. The van der Waals surface area contributed by atoms with Gasteiger partial charge in [-0.15, -0.1) is 11.3 Å². The lowest BCUT2D eigenvalue weighted by Gasteiger charge is -2.28. The zero-order valence-corrected chi connectivity index (χ0v) is 14.4. The molecule has 0 amide bonds. The highest BCUT2D eigenvalue weighted by Crippen LogP contribution is 2.51. The van der Waals surface area contributed by atoms with Gasteiger partial charge in [0, 0.05) is 31.5 Å². The summed E-state index contributed by atoms with van der Waals surface area (Å²) in [5.41, 5.74) is 0.527. The van der Waals surface area contributed by atoms with E-state index in [1.807, 2.05) is 6.07 Å². The molecule has 0 saturated heterocycles. The van der Waals surface area contributed by atoms with Crippen LogP contribution in [0.5, 0.6) is 0 Å². The van der Waals surface area contributed by atoms with Crippen LogP contribution >= 0.6 is 11.3 Å². The molecule has 128 valence electrons. The SMILES string of the molecule is Cn1cc(C#N)c(-c2sc(S(C)(=O)=O)c3c2CCC(F)(F)[C@H]3O)n1. The summed E-state index contributed by atoms with van der Waals surface area (Å²) < 4.78 is 52.9. The number of aliphatic hydroxyl groups is 1. The van der Waals surface area contributed by atoms with Crippen molar-refractivity contribution in [3.63, 3.8) is 0 Å². The van der Waals surface area contributed by atoms with Crippen LogP contribution in [0.1, 0.15) is 29.2 Å². The summed E-state index contributed by atoms with van der Waals surface area (Å²) in [6, 6.07) is 1.96. The third-order valence-electron chi connectivity index (χ3n) is 3.90. The molecule has 0 saturated carbocycles. The summed E-state index contributed by atoms with van der Waals surface area (Å²) in [5, 5.41) is 23.4. The number of fused-ring (bicyclic) bond motifs is 1. The Morgan fingerprint density at radius 1 is 1.54 bits per heavy atom. The summed E-state index contributed by atoms with van der Waals surface area (Å²) in [4.78, 5) is 0.345. The van der Waals surface area contributed by atoms with E-state index < -0.39 is 28.3 Å². The Balaban J connectivity index is 2.34. The summed E-state index contributed by atoms with van der Waals surface area (Å²) >= 11 is 0.774. The molecular formula is C14H13F2N3O3S2. The number of aromatic nitrogens is 2. The average molecular weight is 373 g/mol. The molecule has 2 aromatic heterocycles. The number of thiophene rings is 1. The monoisotopic (exact) mass is 373 g/mol. The highest BCUT2D eigenvalue weighted by molar-refractivity contribution is 7.92. The van der Waals surface area contributed by atoms with Crippen molar-refractivity contribution in [3.8, 4) is 16.6 Å². The van der Waals surface area contributed by atoms with Crippen LogP contribution in [0.15, 0.2) is 10.4 Å². The summed E-state index contributed by atoms with van der Waals surface area (Å²) in [6.07, 6.45) is -0.503. The van der Waals surface area contributed by atoms with E-state index in [-0.39, 0.29) is 27.5 Å². The Morgan fingerprint density at radius 2 is 2.21 bits per heavy atom. The van der Waals surface area contributed by atoms with Crippen molar-refractivity contribution in [1.82, 2.24) is 9.78 Å². The molecule has 0 aromatic carbocycles. The van der Waals surface area contributed by atoms with E-state index in [0.717, 1.165) is 17.6 Å². The van der Waals surface area contributed by atoms with Crippen molar-refractivity contribution in [2.75, 3.05) is 6.26 Å². The predicted octanol–water partition coefficient (Wildman–Crippen LogP) is 2.04. The quantitative estimate of drug-likeness (QED) is 0.869. The van der Waals surface area contributed by atoms with Crippen molar-refractivity contribution in [2.45, 2.75) is 29.1 Å². The van der Waals surface area contributed by atoms with Crippen LogP contribution in [-0.4, -0.2) is 35.5 Å². The Labute approximate surface area is 140 Å². The number of halogens is 2. The van der Waals surface area contributed by atoms with E-state index in [1.54, 1.807) is 7.05 Å². The molecule has 24 heavy (non-hydrogen) atoms. The van der Waals surface area contributed by atoms with Gasteiger partial charge in [0.25, 0.3) is 5.92 Å². The largest absolute Gasteiger partial charge is 0.382 e. The zero-order valence-electron chi connectivity index (χ0n) is 12.7. The minimum Gasteiger partial charge on any atom is -0.382 e. The van der Waals surface area contributed by atoms with E-state index in [0.29, 0.717) is 10.4 Å². The van der Waals surface area contributed by atoms with Gasteiger partial charge in [0.1, 0.15) is 22.1 Å². The normalized spacial score (nSPS) is 19.8. The number of aliphatic hydroxyl groups excluding tert-OH is 1. The van der Waals surface area contributed by atoms with Crippen molar-refractivity contribution in [2.24, 2.45) is 7.05 Å². The van der Waals surface area contributed by atoms with Crippen LogP contribution in [-0.2, 0) is 23.3 Å². The van der Waals surface area contributed by atoms with Gasteiger partial charge in [0.05, 0.1) is 10.4 Å². The van der Waals surface area contributed by atoms with Crippen molar-refractivity contribution in [1.29, 1.82) is 5.26 Å². The standard InChI is InChI=1S/C14H13F2N3O3S2/c1-19-6-7(5-17)10(18-19)11-8-3-4-14(15,16)12(20)9(8)13(23-11)24(2,21)22/h6,12,20H,3-4H2,1-2H3/t12-/m0/s1. The van der Waals surface area contributed by atoms with Crippen molar-refractivity contribution in [3.05, 3.63) is 22.9 Å². The van der Waals surface area contributed by atoms with Crippen LogP contribution in [0.2, 0.25) is 0 Å². The molecule has 6 nitrogen and oxygen atoms in total. The van der Waals surface area contributed by atoms with Crippen LogP contribution in [0, 0.1) is 11.3 Å². The summed E-state index contributed by atoms with van der Waals surface area (Å²) in [6.45, 7) is 0. The minimum atomic E-state index is -3.82. The van der Waals surface area contributed by atoms with E-state index in [2.05, 4.69) is 5.10 Å². The van der Waals surface area contributed by atoms with E-state index in [1.165, 1.54) is 10.9 Å². The number of aryl methyl sites for hydroxylation is 1. The number of sulfone groups is 1. The second-order valence-corrected chi connectivity index (χ2v) is 8.96. The van der Waals surface area contributed by atoms with Gasteiger partial charge >= 0.3 is 0 Å². The van der Waals surface area contributed by atoms with Gasteiger partial charge in [-0.25, -0.2) is 17.2 Å². The first kappa shape index (κ1) is 17.0. The molecule has 10 heteroatoms. The van der Waals surface area contributed by atoms with Gasteiger partial charge in [-0.05, 0) is 12.0 Å². The first-order valence-corrected chi connectivity index (χ1v) is 9.62. The third-order valence-corrected chi connectivity index (χ3v) is 7.00. The lowest BCUT2D eigenvalue weighted by molar-refractivity contribution is -0.122. The minimum absolute atomic E-state index is 0.0951. The molecule has 0 fully saturated rings. The lowest BCUT2D eigenvalue weighted by atomic mass is 9.87. The van der Waals surface area contributed by atoms with Gasteiger partial charge in [0.2, 0.25) is 0 Å². The number of nitriles is 1. The Kier molecular flexibility index (Phi) is 3.78. The average Bonchev–Trinajstić information content (AvgIpc) is 3.03. The fourth-order valence-electron chi connectivity index (χ4n) is 2.82. The van der Waals surface area contributed by atoms with E-state index in [4.69, 9.17) is 0 Å². The first-order chi connectivity index (χ1) is 11.1. The maximum absolute atomic E-state index is 13.9. The molecule has 0 aliphatic heterocycles. The van der Waals surface area contributed by atoms with E-state index in [9.17, 15) is 27.6 Å². The molecule has 0 spiro atoms. The van der Waals surface area contributed by atoms with Crippen LogP contribution < -0.4 is 0 Å². The predicted molar refractivity (Wildman–Crippen MR) is 82.6 cm³/mol. The van der Waals surface area contributed by atoms with Gasteiger partial charge in [-0.2, -0.15) is 10.4 Å². The maximum Gasteiger partial charge on any atom is 0.277 e. The number of alkyl halides is 2. The highest BCUT2D eigenvalue weighted by Gasteiger charge is 2.48. The molecular weight excluding hydrogens is 360 g/mol. The number of rotatable bonds is 2. The molecule has 3 rings (SSSR count). The molecule has 1 aliphatic rings. The Bertz CT molecular complexity index is 970. The van der Waals surface area contributed by atoms with Crippen LogP contribution in [0.3, 0.4) is 0 Å². The zero-order chi connectivity index (χ0) is 17.9. The summed E-state index contributed by atoms with van der Waals surface area (Å²) in [7, 11) is -2.22. The second kappa shape index (κ2) is 5.34. The second-order valence-electron chi connectivity index (χ2n) is 5.72. The van der Waals surface area contributed by atoms with Crippen LogP contribution in [0.25, 0.3) is 10.6 Å². The molecule has 2 heterocycles. The Hall–Kier alpha value is -1.83. The molecule has 2 aromatic rings. The lowest BCUT2D eigenvalue weighted by Crippen LogP contribution is -2.32. The van der Waals surface area contributed by atoms with Gasteiger partial charge in [0.15, 0.2) is 9.84 Å². The number of hydrogen-bond donors (Lipinski definition) is 1. The maximum atomic E-state index is 13.9. The molecule has 1 aliphatic carbocycles. The summed E-state index contributed by atoms with van der Waals surface area (Å²) in [5.74, 6) is -3.40. The molecule has 0 radical (unpaired) electrons. The van der Waals surface area contributed by atoms with Gasteiger partial charge in [-0.1, -0.05) is 0 Å². The van der Waals surface area contributed by atoms with Gasteiger partial charge in [-0.3, -0.25) is 4.68 Å². The van der Waals surface area contributed by atoms with Gasteiger partial charge < -0.3 is 5.11 Å². The van der Waals surface area contributed by atoms with E-state index >= 15 is 0 Å². The highest BCUT2D eigenvalue weighted by atomic mass is 32.2. The van der Waals surface area contributed by atoms with Crippen molar-refractivity contribution < 1.29 is 22.3 Å². The number of nitrogens with zero attached hydrogens (tertiary/aromatic N) is 3. The number of hydrogen-bond acceptors (Lipinski definition) is 6. The smallest absolute Gasteiger partial charge is 0.277 e. The molecule has 0 unspecified atom stereocenters. The topological polar surface area (TPSA) is 96.0 Å². The fraction of sp³-hybridized carbons (Fsp3) is 0.429. The third kappa shape index (κ3) is 2.53. The fourth-order valence-corrected chi connectivity index (χ4v) is 5.43. The Morgan fingerprint density at radius 3 is 2.79 bits per heavy atom.